The van der Waals surface area contributed by atoms with Crippen LogP contribution in [0.5, 0.6) is 0 Å². The van der Waals surface area contributed by atoms with Crippen molar-refractivity contribution in [2.45, 2.75) is 70.5 Å². The van der Waals surface area contributed by atoms with E-state index < -0.39 is 5.79 Å². The van der Waals surface area contributed by atoms with Crippen molar-refractivity contribution in [1.29, 1.82) is 0 Å². The van der Waals surface area contributed by atoms with Gasteiger partial charge in [0.15, 0.2) is 11.6 Å². The summed E-state index contributed by atoms with van der Waals surface area (Å²) in [7, 11) is 0. The Kier molecular flexibility index (Phi) is 4.74. The van der Waals surface area contributed by atoms with Gasteiger partial charge in [-0.2, -0.15) is 0 Å². The fraction of sp³-hybridized carbons (Fsp3) is 0.800. The van der Waals surface area contributed by atoms with Gasteiger partial charge in [0.1, 0.15) is 0 Å². The first kappa shape index (κ1) is 19.8. The van der Waals surface area contributed by atoms with Crippen molar-refractivity contribution in [2.75, 3.05) is 19.8 Å². The lowest BCUT2D eigenvalue weighted by Crippen LogP contribution is -2.55. The van der Waals surface area contributed by atoms with Crippen molar-refractivity contribution in [3.05, 3.63) is 11.6 Å². The summed E-state index contributed by atoms with van der Waals surface area (Å²) in [6.07, 6.45) is 16.9. The van der Waals surface area contributed by atoms with Gasteiger partial charge >= 0.3 is 0 Å². The topological polar surface area (TPSA) is 55.8 Å². The molecule has 1 aliphatic heterocycles. The first-order valence-electron chi connectivity index (χ1n) is 11.6. The van der Waals surface area contributed by atoms with Crippen LogP contribution in [0.1, 0.15) is 64.7 Å². The fourth-order valence-corrected chi connectivity index (χ4v) is 8.47. The highest BCUT2D eigenvalue weighted by molar-refractivity contribution is 5.91. The molecule has 0 amide bonds. The average molecular weight is 399 g/mol. The van der Waals surface area contributed by atoms with Gasteiger partial charge in [-0.1, -0.05) is 12.5 Å². The predicted octanol–water partition coefficient (Wildman–Crippen LogP) is 3.87. The zero-order valence-corrected chi connectivity index (χ0v) is 17.6. The van der Waals surface area contributed by atoms with Crippen molar-refractivity contribution in [3.8, 4) is 12.3 Å². The zero-order chi connectivity index (χ0) is 20.3. The SMILES string of the molecule is C#CC[C@]12CCC(=O)C=C1CC[C@@H]1[C@@H]2CC[C@]2(C)[C@@H](C3(CO)OCCO3)CC[C@@H]12. The number of ether oxygens (including phenoxy) is 2. The molecule has 6 atom stereocenters. The molecule has 0 aromatic carbocycles. The Balaban J connectivity index is 1.48. The number of hydrogen-bond acceptors (Lipinski definition) is 4. The number of aliphatic hydroxyl groups is 1. The molecule has 0 spiro atoms. The maximum atomic E-state index is 12.1. The molecule has 3 saturated carbocycles. The molecule has 5 rings (SSSR count). The predicted molar refractivity (Wildman–Crippen MR) is 110 cm³/mol. The second-order valence-corrected chi connectivity index (χ2v) is 10.4. The largest absolute Gasteiger partial charge is 0.391 e. The fourth-order valence-electron chi connectivity index (χ4n) is 8.47. The van der Waals surface area contributed by atoms with E-state index in [1.807, 2.05) is 6.08 Å². The van der Waals surface area contributed by atoms with Gasteiger partial charge in [0.05, 0.1) is 19.8 Å². The van der Waals surface area contributed by atoms with Crippen LogP contribution < -0.4 is 0 Å². The van der Waals surface area contributed by atoms with E-state index in [4.69, 9.17) is 15.9 Å². The number of carbonyl (C=O) groups is 1. The Morgan fingerprint density at radius 3 is 2.66 bits per heavy atom. The van der Waals surface area contributed by atoms with Crippen molar-refractivity contribution in [2.24, 2.45) is 34.5 Å². The number of rotatable bonds is 3. The Bertz CT molecular complexity index is 757. The molecule has 0 aromatic heterocycles. The van der Waals surface area contributed by atoms with Crippen LogP contribution in [0.15, 0.2) is 11.6 Å². The molecule has 4 nitrogen and oxygen atoms in total. The summed E-state index contributed by atoms with van der Waals surface area (Å²) in [6, 6.07) is 0. The van der Waals surface area contributed by atoms with Crippen molar-refractivity contribution in [3.63, 3.8) is 0 Å². The molecular formula is C25H34O4. The Morgan fingerprint density at radius 1 is 1.14 bits per heavy atom. The van der Waals surface area contributed by atoms with Crippen LogP contribution >= 0.6 is 0 Å². The third-order valence-corrected chi connectivity index (χ3v) is 9.63. The number of terminal acetylenes is 1. The van der Waals surface area contributed by atoms with E-state index in [1.165, 1.54) is 12.0 Å². The standard InChI is InChI=1S/C25H34O4/c1-3-10-24-12-8-18(27)15-17(24)4-5-19-20-6-7-22(23(20,2)11-9-21(19)24)25(16-26)28-13-14-29-25/h1,15,19-22,26H,4-14,16H2,2H3/t19-,20-,21-,22-,23-,24-/m0/s1. The average Bonchev–Trinajstić information content (AvgIpc) is 3.33. The van der Waals surface area contributed by atoms with E-state index in [9.17, 15) is 9.90 Å². The summed E-state index contributed by atoms with van der Waals surface area (Å²) >= 11 is 0. The minimum Gasteiger partial charge on any atom is -0.391 e. The molecule has 4 aliphatic carbocycles. The number of carbonyl (C=O) groups excluding carboxylic acids is 1. The van der Waals surface area contributed by atoms with Gasteiger partial charge in [0.2, 0.25) is 0 Å². The molecule has 1 saturated heterocycles. The second kappa shape index (κ2) is 6.94. The molecule has 29 heavy (non-hydrogen) atoms. The zero-order valence-electron chi connectivity index (χ0n) is 17.6. The minimum absolute atomic E-state index is 0.0417. The molecule has 1 N–H and O–H groups in total. The molecule has 4 heteroatoms. The van der Waals surface area contributed by atoms with Crippen LogP contribution in [-0.2, 0) is 14.3 Å². The first-order chi connectivity index (χ1) is 14.0. The molecule has 0 radical (unpaired) electrons. The highest BCUT2D eigenvalue weighted by Crippen LogP contribution is 2.69. The lowest BCUT2D eigenvalue weighted by Gasteiger charge is -2.59. The summed E-state index contributed by atoms with van der Waals surface area (Å²) in [5.74, 6) is 4.57. The molecule has 0 aromatic rings. The summed E-state index contributed by atoms with van der Waals surface area (Å²) < 4.78 is 12.1. The summed E-state index contributed by atoms with van der Waals surface area (Å²) in [5, 5.41) is 10.2. The highest BCUT2D eigenvalue weighted by Gasteiger charge is 2.64. The van der Waals surface area contributed by atoms with Crippen LogP contribution in [0.25, 0.3) is 0 Å². The van der Waals surface area contributed by atoms with E-state index in [0.29, 0.717) is 37.4 Å². The smallest absolute Gasteiger partial charge is 0.195 e. The summed E-state index contributed by atoms with van der Waals surface area (Å²) in [5.41, 5.74) is 1.53. The summed E-state index contributed by atoms with van der Waals surface area (Å²) in [6.45, 7) is 3.54. The van der Waals surface area contributed by atoms with Gasteiger partial charge in [-0.05, 0) is 74.2 Å². The van der Waals surface area contributed by atoms with Gasteiger partial charge in [0, 0.05) is 24.2 Å². The van der Waals surface area contributed by atoms with E-state index >= 15 is 0 Å². The quantitative estimate of drug-likeness (QED) is 0.733. The lowest BCUT2D eigenvalue weighted by atomic mass is 9.45. The number of hydrogen-bond donors (Lipinski definition) is 1. The Morgan fingerprint density at radius 2 is 1.93 bits per heavy atom. The van der Waals surface area contributed by atoms with E-state index in [1.54, 1.807) is 0 Å². The highest BCUT2D eigenvalue weighted by atomic mass is 16.7. The lowest BCUT2D eigenvalue weighted by molar-refractivity contribution is -0.244. The number of ketones is 1. The molecular weight excluding hydrogens is 364 g/mol. The Labute approximate surface area is 174 Å². The minimum atomic E-state index is -0.802. The van der Waals surface area contributed by atoms with Crippen LogP contribution in [0.2, 0.25) is 0 Å². The van der Waals surface area contributed by atoms with Crippen LogP contribution in [0.3, 0.4) is 0 Å². The monoisotopic (exact) mass is 398 g/mol. The van der Waals surface area contributed by atoms with Crippen LogP contribution in [0.4, 0.5) is 0 Å². The van der Waals surface area contributed by atoms with Crippen molar-refractivity contribution >= 4 is 5.78 Å². The maximum Gasteiger partial charge on any atom is 0.195 e. The number of fused-ring (bicyclic) bond motifs is 5. The molecule has 0 unspecified atom stereocenters. The Hall–Kier alpha value is -1.15. The van der Waals surface area contributed by atoms with Gasteiger partial charge in [0.25, 0.3) is 0 Å². The van der Waals surface area contributed by atoms with Crippen molar-refractivity contribution in [1.82, 2.24) is 0 Å². The molecule has 1 heterocycles. The molecule has 4 fully saturated rings. The van der Waals surface area contributed by atoms with Crippen molar-refractivity contribution < 1.29 is 19.4 Å². The van der Waals surface area contributed by atoms with Gasteiger partial charge in [-0.15, -0.1) is 12.3 Å². The van der Waals surface area contributed by atoms with E-state index in [2.05, 4.69) is 12.8 Å². The van der Waals surface area contributed by atoms with Crippen LogP contribution in [0, 0.1) is 46.8 Å². The number of allylic oxidation sites excluding steroid dienone is 1. The number of aliphatic hydroxyl groups excluding tert-OH is 1. The third kappa shape index (κ3) is 2.67. The third-order valence-electron chi connectivity index (χ3n) is 9.63. The first-order valence-corrected chi connectivity index (χ1v) is 11.6. The second-order valence-electron chi connectivity index (χ2n) is 10.4. The van der Waals surface area contributed by atoms with Crippen LogP contribution in [-0.4, -0.2) is 36.5 Å². The summed E-state index contributed by atoms with van der Waals surface area (Å²) in [4.78, 5) is 12.1. The van der Waals surface area contributed by atoms with E-state index in [0.717, 1.165) is 44.9 Å². The molecule has 0 bridgehead atoms. The molecule has 158 valence electrons. The van der Waals surface area contributed by atoms with Gasteiger partial charge in [-0.3, -0.25) is 4.79 Å². The maximum absolute atomic E-state index is 12.1. The van der Waals surface area contributed by atoms with Gasteiger partial charge < -0.3 is 14.6 Å². The van der Waals surface area contributed by atoms with E-state index in [-0.39, 0.29) is 29.1 Å². The van der Waals surface area contributed by atoms with Gasteiger partial charge in [-0.25, -0.2) is 0 Å². The molecule has 5 aliphatic rings. The normalized spacial score (nSPS) is 45.7.